The van der Waals surface area contributed by atoms with Crippen LogP contribution in [0.1, 0.15) is 43.0 Å². The van der Waals surface area contributed by atoms with Crippen molar-refractivity contribution in [2.75, 3.05) is 11.4 Å². The van der Waals surface area contributed by atoms with Crippen molar-refractivity contribution < 1.29 is 9.59 Å². The summed E-state index contributed by atoms with van der Waals surface area (Å²) in [6.45, 7) is 8.59. The van der Waals surface area contributed by atoms with Crippen LogP contribution in [0.2, 0.25) is 0 Å². The molecule has 0 radical (unpaired) electrons. The zero-order chi connectivity index (χ0) is 25.7. The Bertz CT molecular complexity index is 1350. The lowest BCUT2D eigenvalue weighted by Crippen LogP contribution is -2.46. The van der Waals surface area contributed by atoms with Crippen molar-refractivity contribution in [1.29, 1.82) is 0 Å². The van der Waals surface area contributed by atoms with E-state index < -0.39 is 6.04 Å². The van der Waals surface area contributed by atoms with E-state index in [4.69, 9.17) is 0 Å². The Balaban J connectivity index is 1.78. The monoisotopic (exact) mass is 484 g/mol. The number of para-hydroxylation sites is 1. The summed E-state index contributed by atoms with van der Waals surface area (Å²) >= 11 is 0. The average Bonchev–Trinajstić information content (AvgIpc) is 3.27. The maximum Gasteiger partial charge on any atom is 0.249 e. The zero-order valence-corrected chi connectivity index (χ0v) is 21.2. The van der Waals surface area contributed by atoms with E-state index >= 15 is 0 Å². The predicted octanol–water partition coefficient (Wildman–Crippen LogP) is 4.38. The number of nitrogens with zero attached hydrogens (tertiary/aromatic N) is 5. The van der Waals surface area contributed by atoms with Gasteiger partial charge in [-0.15, -0.1) is 5.10 Å². The lowest BCUT2D eigenvalue weighted by atomic mass is 10.0. The second-order valence-electron chi connectivity index (χ2n) is 9.45. The lowest BCUT2D eigenvalue weighted by molar-refractivity contribution is -0.127. The highest BCUT2D eigenvalue weighted by molar-refractivity contribution is 6.02. The fraction of sp³-hybridized carbons (Fsp3) is 0.321. The van der Waals surface area contributed by atoms with Crippen LogP contribution in [-0.2, 0) is 16.1 Å². The van der Waals surface area contributed by atoms with Crippen LogP contribution in [0.5, 0.6) is 0 Å². The molecule has 36 heavy (non-hydrogen) atoms. The first-order chi connectivity index (χ1) is 17.3. The fourth-order valence-electron chi connectivity index (χ4n) is 4.17. The van der Waals surface area contributed by atoms with Crippen LogP contribution in [-0.4, -0.2) is 38.3 Å². The lowest BCUT2D eigenvalue weighted by Gasteiger charge is -2.32. The Hall–Kier alpha value is -4.07. The third-order valence-corrected chi connectivity index (χ3v) is 6.13. The quantitative estimate of drug-likeness (QED) is 0.381. The third-order valence-electron chi connectivity index (χ3n) is 6.13. The molecule has 0 saturated carbocycles. The van der Waals surface area contributed by atoms with Crippen molar-refractivity contribution in [2.24, 2.45) is 5.92 Å². The van der Waals surface area contributed by atoms with Gasteiger partial charge in [-0.25, -0.2) is 4.68 Å². The molecule has 0 aliphatic carbocycles. The molecule has 0 saturated heterocycles. The summed E-state index contributed by atoms with van der Waals surface area (Å²) in [6, 6.07) is 16.1. The number of aryl methyl sites for hydroxylation is 2. The molecule has 1 N–H and O–H groups in total. The van der Waals surface area contributed by atoms with Gasteiger partial charge >= 0.3 is 0 Å². The van der Waals surface area contributed by atoms with Crippen molar-refractivity contribution in [3.63, 3.8) is 0 Å². The second-order valence-corrected chi connectivity index (χ2v) is 9.45. The SMILES string of the molecule is Cc1ccc(C)c(N(C(=O)Cn2nnc3ccccc32)C(C(=O)NCCC(C)C)c2cccnc2)c1. The van der Waals surface area contributed by atoms with Gasteiger partial charge in [0.15, 0.2) is 0 Å². The topological polar surface area (TPSA) is 93.0 Å². The van der Waals surface area contributed by atoms with E-state index in [1.165, 1.54) is 0 Å². The minimum Gasteiger partial charge on any atom is -0.354 e. The molecule has 1 unspecified atom stereocenters. The molecule has 2 heterocycles. The molecule has 2 aromatic carbocycles. The molecule has 4 rings (SSSR count). The highest BCUT2D eigenvalue weighted by atomic mass is 16.2. The highest BCUT2D eigenvalue weighted by Gasteiger charge is 2.34. The number of rotatable bonds is 9. The summed E-state index contributed by atoms with van der Waals surface area (Å²) in [5.41, 5.74) is 4.66. The van der Waals surface area contributed by atoms with E-state index in [9.17, 15) is 9.59 Å². The van der Waals surface area contributed by atoms with Crippen molar-refractivity contribution >= 4 is 28.5 Å². The summed E-state index contributed by atoms with van der Waals surface area (Å²) in [7, 11) is 0. The summed E-state index contributed by atoms with van der Waals surface area (Å²) in [6.07, 6.45) is 4.14. The van der Waals surface area contributed by atoms with Gasteiger partial charge in [0.05, 0.1) is 5.52 Å². The van der Waals surface area contributed by atoms with Gasteiger partial charge in [0.2, 0.25) is 11.8 Å². The first-order valence-corrected chi connectivity index (χ1v) is 12.2. The number of aromatic nitrogens is 4. The number of carbonyl (C=O) groups is 2. The molecule has 8 heteroatoms. The van der Waals surface area contributed by atoms with Crippen LogP contribution >= 0.6 is 0 Å². The largest absolute Gasteiger partial charge is 0.354 e. The van der Waals surface area contributed by atoms with Gasteiger partial charge in [0.25, 0.3) is 0 Å². The minimum absolute atomic E-state index is 0.0655. The summed E-state index contributed by atoms with van der Waals surface area (Å²) < 4.78 is 1.58. The van der Waals surface area contributed by atoms with E-state index in [2.05, 4.69) is 34.5 Å². The van der Waals surface area contributed by atoms with Gasteiger partial charge in [-0.3, -0.25) is 19.5 Å². The van der Waals surface area contributed by atoms with Crippen LogP contribution in [0.25, 0.3) is 11.0 Å². The molecule has 0 fully saturated rings. The van der Waals surface area contributed by atoms with Gasteiger partial charge in [-0.05, 0) is 61.6 Å². The maximum absolute atomic E-state index is 14.1. The zero-order valence-electron chi connectivity index (χ0n) is 21.2. The normalized spacial score (nSPS) is 12.0. The molecule has 0 aliphatic heterocycles. The molecule has 186 valence electrons. The third kappa shape index (κ3) is 5.59. The Morgan fingerprint density at radius 2 is 1.86 bits per heavy atom. The number of hydrogen-bond donors (Lipinski definition) is 1. The van der Waals surface area contributed by atoms with Gasteiger partial charge in [0, 0.05) is 30.2 Å². The van der Waals surface area contributed by atoms with Gasteiger partial charge in [-0.1, -0.05) is 49.4 Å². The van der Waals surface area contributed by atoms with Crippen LogP contribution in [0, 0.1) is 19.8 Å². The molecule has 4 aromatic rings. The Labute approximate surface area is 211 Å². The summed E-state index contributed by atoms with van der Waals surface area (Å²) in [5.74, 6) is -0.0759. The van der Waals surface area contributed by atoms with Crippen LogP contribution in [0.15, 0.2) is 67.0 Å². The molecule has 0 bridgehead atoms. The maximum atomic E-state index is 14.1. The number of carbonyl (C=O) groups excluding carboxylic acids is 2. The van der Waals surface area contributed by atoms with E-state index in [1.807, 2.05) is 62.4 Å². The second kappa shape index (κ2) is 11.1. The number of anilines is 1. The number of amides is 2. The van der Waals surface area contributed by atoms with Gasteiger partial charge < -0.3 is 5.32 Å². The number of fused-ring (bicyclic) bond motifs is 1. The van der Waals surface area contributed by atoms with Crippen molar-refractivity contribution in [2.45, 2.75) is 46.7 Å². The van der Waals surface area contributed by atoms with Gasteiger partial charge in [0.1, 0.15) is 18.1 Å². The fourth-order valence-corrected chi connectivity index (χ4v) is 4.17. The standard InChI is InChI=1S/C28H32N6O2/c1-19(2)13-15-30-28(36)27(22-8-7-14-29-17-22)34(25-16-20(3)11-12-21(25)4)26(35)18-33-24-10-6-5-9-23(24)31-32-33/h5-12,14,16-17,19,27H,13,15,18H2,1-4H3,(H,30,36). The van der Waals surface area contributed by atoms with E-state index in [0.717, 1.165) is 23.1 Å². The van der Waals surface area contributed by atoms with Crippen LogP contribution < -0.4 is 10.2 Å². The van der Waals surface area contributed by atoms with Crippen LogP contribution in [0.4, 0.5) is 5.69 Å². The number of benzene rings is 2. The average molecular weight is 485 g/mol. The molecule has 2 amide bonds. The molecule has 0 spiro atoms. The van der Waals surface area contributed by atoms with Crippen molar-refractivity contribution in [1.82, 2.24) is 25.3 Å². The first-order valence-electron chi connectivity index (χ1n) is 12.2. The van der Waals surface area contributed by atoms with E-state index in [0.29, 0.717) is 29.2 Å². The molecular formula is C28H32N6O2. The van der Waals surface area contributed by atoms with Crippen molar-refractivity contribution in [3.05, 3.63) is 83.7 Å². The predicted molar refractivity (Wildman–Crippen MR) is 140 cm³/mol. The number of nitrogens with one attached hydrogen (secondary N) is 1. The smallest absolute Gasteiger partial charge is 0.249 e. The Morgan fingerprint density at radius 3 is 2.61 bits per heavy atom. The summed E-state index contributed by atoms with van der Waals surface area (Å²) in [5, 5.41) is 11.4. The Kier molecular flexibility index (Phi) is 7.73. The number of pyridine rings is 1. The van der Waals surface area contributed by atoms with Crippen molar-refractivity contribution in [3.8, 4) is 0 Å². The van der Waals surface area contributed by atoms with E-state index in [1.54, 1.807) is 28.0 Å². The molecule has 1 atom stereocenters. The van der Waals surface area contributed by atoms with Gasteiger partial charge in [-0.2, -0.15) is 0 Å². The minimum atomic E-state index is -0.895. The summed E-state index contributed by atoms with van der Waals surface area (Å²) in [4.78, 5) is 33.6. The highest BCUT2D eigenvalue weighted by Crippen LogP contribution is 2.31. The van der Waals surface area contributed by atoms with E-state index in [-0.39, 0.29) is 18.4 Å². The van der Waals surface area contributed by atoms with Crippen LogP contribution in [0.3, 0.4) is 0 Å². The molecule has 2 aromatic heterocycles. The first kappa shape index (κ1) is 25.0. The molecular weight excluding hydrogens is 452 g/mol. The molecule has 0 aliphatic rings. The number of hydrogen-bond acceptors (Lipinski definition) is 5. The molecule has 8 nitrogen and oxygen atoms in total. The Morgan fingerprint density at radius 1 is 1.06 bits per heavy atom.